The third kappa shape index (κ3) is 4.24. The number of carbonyl (C=O) groups is 1. The van der Waals surface area contributed by atoms with Crippen LogP contribution in [0.1, 0.15) is 5.56 Å². The van der Waals surface area contributed by atoms with E-state index in [2.05, 4.69) is 5.32 Å². The molecule has 0 fully saturated rings. The summed E-state index contributed by atoms with van der Waals surface area (Å²) in [7, 11) is 0. The van der Waals surface area contributed by atoms with Crippen molar-refractivity contribution in [3.63, 3.8) is 0 Å². The van der Waals surface area contributed by atoms with Crippen LogP contribution in [0.4, 0.5) is 13.2 Å². The molecule has 0 aliphatic carbocycles. The molecule has 0 unspecified atom stereocenters. The van der Waals surface area contributed by atoms with Gasteiger partial charge in [0.15, 0.2) is 18.2 Å². The number of hydrogen-bond donors (Lipinski definition) is 1. The minimum absolute atomic E-state index is 0.0224. The molecule has 2 aromatic carbocycles. The molecule has 1 amide bonds. The van der Waals surface area contributed by atoms with Gasteiger partial charge >= 0.3 is 0 Å². The van der Waals surface area contributed by atoms with E-state index in [1.807, 2.05) is 0 Å². The van der Waals surface area contributed by atoms with Crippen LogP contribution in [0.25, 0.3) is 0 Å². The number of nitrogens with one attached hydrogen (secondary N) is 1. The first kappa shape index (κ1) is 14.9. The molecule has 2 aromatic rings. The van der Waals surface area contributed by atoms with Gasteiger partial charge in [-0.1, -0.05) is 12.1 Å². The Bertz CT molecular complexity index is 647. The maximum absolute atomic E-state index is 13.3. The molecule has 0 aliphatic rings. The highest BCUT2D eigenvalue weighted by atomic mass is 19.1. The van der Waals surface area contributed by atoms with E-state index in [-0.39, 0.29) is 17.9 Å². The molecular formula is C15H12F3NO2. The Labute approximate surface area is 119 Å². The number of halogens is 3. The molecule has 3 nitrogen and oxygen atoms in total. The van der Waals surface area contributed by atoms with Crippen molar-refractivity contribution < 1.29 is 22.7 Å². The lowest BCUT2D eigenvalue weighted by Gasteiger charge is -2.08. The fourth-order valence-electron chi connectivity index (χ4n) is 1.63. The summed E-state index contributed by atoms with van der Waals surface area (Å²) < 4.78 is 44.5. The largest absolute Gasteiger partial charge is 0.481 e. The first-order valence-electron chi connectivity index (χ1n) is 6.14. The molecule has 0 bridgehead atoms. The second-order valence-electron chi connectivity index (χ2n) is 4.23. The Hall–Kier alpha value is -2.50. The highest BCUT2D eigenvalue weighted by Gasteiger charge is 2.08. The molecule has 0 saturated heterocycles. The normalized spacial score (nSPS) is 10.2. The number of hydrogen-bond acceptors (Lipinski definition) is 2. The number of benzene rings is 2. The predicted octanol–water partition coefficient (Wildman–Crippen LogP) is 2.80. The Morgan fingerprint density at radius 1 is 1.05 bits per heavy atom. The fourth-order valence-corrected chi connectivity index (χ4v) is 1.63. The standard InChI is InChI=1S/C15H12F3NO2/c16-11-5-6-12(17)10(7-11)8-19-15(20)9-21-14-4-2-1-3-13(14)18/h1-7H,8-9H2,(H,19,20). The molecule has 0 atom stereocenters. The lowest BCUT2D eigenvalue weighted by atomic mass is 10.2. The molecule has 0 aliphatic heterocycles. The van der Waals surface area contributed by atoms with Crippen molar-refractivity contribution in [3.05, 3.63) is 65.5 Å². The first-order valence-corrected chi connectivity index (χ1v) is 6.14. The van der Waals surface area contributed by atoms with Gasteiger partial charge in [0, 0.05) is 12.1 Å². The molecule has 0 radical (unpaired) electrons. The average Bonchev–Trinajstić information content (AvgIpc) is 2.47. The second-order valence-corrected chi connectivity index (χ2v) is 4.23. The van der Waals surface area contributed by atoms with Crippen LogP contribution >= 0.6 is 0 Å². The van der Waals surface area contributed by atoms with Crippen LogP contribution in [0.5, 0.6) is 5.75 Å². The molecule has 1 N–H and O–H groups in total. The monoisotopic (exact) mass is 295 g/mol. The van der Waals surface area contributed by atoms with Crippen molar-refractivity contribution in [2.24, 2.45) is 0 Å². The zero-order valence-electron chi connectivity index (χ0n) is 10.9. The zero-order chi connectivity index (χ0) is 15.2. The van der Waals surface area contributed by atoms with E-state index in [9.17, 15) is 18.0 Å². The summed E-state index contributed by atoms with van der Waals surface area (Å²) in [6.07, 6.45) is 0. The molecule has 6 heteroatoms. The van der Waals surface area contributed by atoms with Gasteiger partial charge < -0.3 is 10.1 Å². The number of ether oxygens (including phenoxy) is 1. The van der Waals surface area contributed by atoms with E-state index < -0.39 is 30.0 Å². The van der Waals surface area contributed by atoms with Gasteiger partial charge in [0.05, 0.1) is 0 Å². The van der Waals surface area contributed by atoms with E-state index in [1.165, 1.54) is 18.2 Å². The number of amides is 1. The van der Waals surface area contributed by atoms with Crippen LogP contribution in [0, 0.1) is 17.5 Å². The maximum atomic E-state index is 13.3. The van der Waals surface area contributed by atoms with Crippen LogP contribution in [0.2, 0.25) is 0 Å². The van der Waals surface area contributed by atoms with Crippen molar-refractivity contribution in [3.8, 4) is 5.75 Å². The van der Waals surface area contributed by atoms with Crippen LogP contribution in [0.15, 0.2) is 42.5 Å². The van der Waals surface area contributed by atoms with Gasteiger partial charge in [-0.25, -0.2) is 13.2 Å². The summed E-state index contributed by atoms with van der Waals surface area (Å²) in [5.74, 6) is -2.41. The minimum Gasteiger partial charge on any atom is -0.481 e. The van der Waals surface area contributed by atoms with Gasteiger partial charge in [-0.2, -0.15) is 0 Å². The Kier molecular flexibility index (Phi) is 4.81. The molecule has 0 heterocycles. The third-order valence-corrected chi connectivity index (χ3v) is 2.68. The molecular weight excluding hydrogens is 283 g/mol. The van der Waals surface area contributed by atoms with Crippen molar-refractivity contribution in [1.29, 1.82) is 0 Å². The van der Waals surface area contributed by atoms with Crippen LogP contribution in [0.3, 0.4) is 0 Å². The summed E-state index contributed by atoms with van der Waals surface area (Å²) >= 11 is 0. The van der Waals surface area contributed by atoms with E-state index in [0.29, 0.717) is 0 Å². The zero-order valence-corrected chi connectivity index (χ0v) is 10.9. The van der Waals surface area contributed by atoms with Gasteiger partial charge in [0.2, 0.25) is 0 Å². The smallest absolute Gasteiger partial charge is 0.258 e. The fraction of sp³-hybridized carbons (Fsp3) is 0.133. The van der Waals surface area contributed by atoms with Gasteiger partial charge in [-0.05, 0) is 30.3 Å². The lowest BCUT2D eigenvalue weighted by Crippen LogP contribution is -2.28. The van der Waals surface area contributed by atoms with Gasteiger partial charge in [0.25, 0.3) is 5.91 Å². The van der Waals surface area contributed by atoms with Crippen molar-refractivity contribution in [2.45, 2.75) is 6.54 Å². The molecule has 0 saturated carbocycles. The summed E-state index contributed by atoms with van der Waals surface area (Å²) in [5, 5.41) is 2.36. The van der Waals surface area contributed by atoms with Gasteiger partial charge in [-0.15, -0.1) is 0 Å². The second kappa shape index (κ2) is 6.78. The molecule has 110 valence electrons. The van der Waals surface area contributed by atoms with Crippen molar-refractivity contribution >= 4 is 5.91 Å². The molecule has 2 rings (SSSR count). The lowest BCUT2D eigenvalue weighted by molar-refractivity contribution is -0.123. The Morgan fingerprint density at radius 2 is 1.81 bits per heavy atom. The first-order chi connectivity index (χ1) is 10.1. The predicted molar refractivity (Wildman–Crippen MR) is 70.1 cm³/mol. The van der Waals surface area contributed by atoms with Gasteiger partial charge in [-0.3, -0.25) is 4.79 Å². The van der Waals surface area contributed by atoms with Crippen LogP contribution < -0.4 is 10.1 Å². The number of rotatable bonds is 5. The Balaban J connectivity index is 1.85. The summed E-state index contributed by atoms with van der Waals surface area (Å²) in [5.41, 5.74) is 0.0224. The van der Waals surface area contributed by atoms with Crippen LogP contribution in [-0.4, -0.2) is 12.5 Å². The Morgan fingerprint density at radius 3 is 2.57 bits per heavy atom. The van der Waals surface area contributed by atoms with Crippen molar-refractivity contribution in [2.75, 3.05) is 6.61 Å². The highest BCUT2D eigenvalue weighted by Crippen LogP contribution is 2.15. The minimum atomic E-state index is -0.619. The summed E-state index contributed by atoms with van der Waals surface area (Å²) in [6, 6.07) is 8.61. The third-order valence-electron chi connectivity index (χ3n) is 2.68. The SMILES string of the molecule is O=C(COc1ccccc1F)NCc1cc(F)ccc1F. The average molecular weight is 295 g/mol. The van der Waals surface area contributed by atoms with E-state index in [4.69, 9.17) is 4.74 Å². The summed E-state index contributed by atoms with van der Waals surface area (Å²) in [6.45, 7) is -0.596. The van der Waals surface area contributed by atoms with E-state index in [0.717, 1.165) is 18.2 Å². The van der Waals surface area contributed by atoms with Crippen LogP contribution in [-0.2, 0) is 11.3 Å². The van der Waals surface area contributed by atoms with Crippen molar-refractivity contribution in [1.82, 2.24) is 5.32 Å². The topological polar surface area (TPSA) is 38.3 Å². The molecule has 21 heavy (non-hydrogen) atoms. The molecule has 0 spiro atoms. The number of para-hydroxylation sites is 1. The maximum Gasteiger partial charge on any atom is 0.258 e. The van der Waals surface area contributed by atoms with E-state index in [1.54, 1.807) is 6.07 Å². The quantitative estimate of drug-likeness (QED) is 0.921. The highest BCUT2D eigenvalue weighted by molar-refractivity contribution is 5.77. The summed E-state index contributed by atoms with van der Waals surface area (Å²) in [4.78, 5) is 11.5. The van der Waals surface area contributed by atoms with E-state index >= 15 is 0 Å². The number of carbonyl (C=O) groups excluding carboxylic acids is 1. The van der Waals surface area contributed by atoms with Gasteiger partial charge in [0.1, 0.15) is 11.6 Å². The molecule has 0 aromatic heterocycles.